The van der Waals surface area contributed by atoms with Gasteiger partial charge in [0.1, 0.15) is 0 Å². The number of ether oxygens (including phenoxy) is 2. The molecule has 4 rings (SSSR count). The molecule has 134 valence electrons. The average Bonchev–Trinajstić information content (AvgIpc) is 2.98. The minimum Gasteiger partial charge on any atom is -0.384 e. The number of amides is 1. The van der Waals surface area contributed by atoms with E-state index in [4.69, 9.17) is 9.47 Å². The van der Waals surface area contributed by atoms with E-state index in [1.807, 2.05) is 36.2 Å². The van der Waals surface area contributed by atoms with Crippen molar-refractivity contribution in [1.29, 1.82) is 0 Å². The molecule has 0 spiro atoms. The summed E-state index contributed by atoms with van der Waals surface area (Å²) >= 11 is 0. The molecule has 2 aromatic rings. The first-order chi connectivity index (χ1) is 12.1. The molecule has 0 unspecified atom stereocenters. The zero-order valence-corrected chi connectivity index (χ0v) is 14.9. The highest BCUT2D eigenvalue weighted by atomic mass is 16.5. The van der Waals surface area contributed by atoms with Gasteiger partial charge in [0.25, 0.3) is 5.91 Å². The highest BCUT2D eigenvalue weighted by Crippen LogP contribution is 2.40. The topological polar surface area (TPSA) is 56.6 Å². The second-order valence-corrected chi connectivity index (χ2v) is 7.26. The predicted molar refractivity (Wildman–Crippen MR) is 94.5 cm³/mol. The lowest BCUT2D eigenvalue weighted by Gasteiger charge is -2.50. The molecule has 1 aromatic carbocycles. The molecule has 25 heavy (non-hydrogen) atoms. The highest BCUT2D eigenvalue weighted by Gasteiger charge is 2.47. The summed E-state index contributed by atoms with van der Waals surface area (Å²) in [6.07, 6.45) is 3.11. The quantitative estimate of drug-likeness (QED) is 0.858. The maximum absolute atomic E-state index is 13.2. The monoisotopic (exact) mass is 343 g/mol. The van der Waals surface area contributed by atoms with Crippen molar-refractivity contribution in [1.82, 2.24) is 14.7 Å². The van der Waals surface area contributed by atoms with Gasteiger partial charge in [0, 0.05) is 44.7 Å². The number of likely N-dealkylation sites (tertiary alicyclic amines) is 1. The van der Waals surface area contributed by atoms with Crippen LogP contribution in [0.25, 0.3) is 10.9 Å². The zero-order valence-electron chi connectivity index (χ0n) is 14.9. The van der Waals surface area contributed by atoms with Crippen LogP contribution in [-0.4, -0.2) is 60.1 Å². The molecule has 2 aliphatic heterocycles. The third-order valence-electron chi connectivity index (χ3n) is 5.67. The fourth-order valence-corrected chi connectivity index (χ4v) is 4.48. The van der Waals surface area contributed by atoms with Crippen LogP contribution >= 0.6 is 0 Å². The molecule has 1 aromatic heterocycles. The van der Waals surface area contributed by atoms with Crippen LogP contribution in [-0.2, 0) is 16.5 Å². The maximum Gasteiger partial charge on any atom is 0.275 e. The van der Waals surface area contributed by atoms with E-state index in [-0.39, 0.29) is 17.4 Å². The lowest BCUT2D eigenvalue weighted by Crippen LogP contribution is -2.58. The highest BCUT2D eigenvalue weighted by molar-refractivity contribution is 6.04. The van der Waals surface area contributed by atoms with Crippen molar-refractivity contribution in [3.05, 3.63) is 30.0 Å². The van der Waals surface area contributed by atoms with Gasteiger partial charge in [0.2, 0.25) is 0 Å². The van der Waals surface area contributed by atoms with Crippen molar-refractivity contribution in [2.45, 2.75) is 25.4 Å². The molecule has 3 heterocycles. The normalized spacial score (nSPS) is 26.6. The Labute approximate surface area is 147 Å². The largest absolute Gasteiger partial charge is 0.384 e. The maximum atomic E-state index is 13.2. The second-order valence-electron chi connectivity index (χ2n) is 7.26. The van der Waals surface area contributed by atoms with Crippen molar-refractivity contribution in [3.8, 4) is 0 Å². The molecule has 0 N–H and O–H groups in total. The Morgan fingerprint density at radius 1 is 1.44 bits per heavy atom. The Hall–Kier alpha value is -1.92. The number of aryl methyl sites for hydroxylation is 1. The van der Waals surface area contributed by atoms with Crippen LogP contribution in [0.1, 0.15) is 29.8 Å². The number of piperidine rings is 1. The molecular weight excluding hydrogens is 318 g/mol. The van der Waals surface area contributed by atoms with Gasteiger partial charge in [-0.25, -0.2) is 0 Å². The summed E-state index contributed by atoms with van der Waals surface area (Å²) in [6, 6.07) is 7.88. The summed E-state index contributed by atoms with van der Waals surface area (Å²) < 4.78 is 13.3. The van der Waals surface area contributed by atoms with E-state index in [2.05, 4.69) is 5.10 Å². The first kappa shape index (κ1) is 16.5. The van der Waals surface area contributed by atoms with Crippen LogP contribution in [0.2, 0.25) is 0 Å². The number of carbonyl (C=O) groups excluding carboxylic acids is 1. The van der Waals surface area contributed by atoms with Gasteiger partial charge in [-0.05, 0) is 25.3 Å². The van der Waals surface area contributed by atoms with Crippen LogP contribution in [0, 0.1) is 5.41 Å². The first-order valence-corrected chi connectivity index (χ1v) is 8.96. The van der Waals surface area contributed by atoms with Crippen molar-refractivity contribution >= 4 is 16.8 Å². The van der Waals surface area contributed by atoms with E-state index in [0.29, 0.717) is 25.4 Å². The minimum atomic E-state index is -0.0918. The van der Waals surface area contributed by atoms with E-state index in [0.717, 1.165) is 36.8 Å². The molecule has 0 bridgehead atoms. The van der Waals surface area contributed by atoms with Crippen LogP contribution in [0.15, 0.2) is 24.3 Å². The van der Waals surface area contributed by atoms with Gasteiger partial charge in [-0.2, -0.15) is 5.10 Å². The van der Waals surface area contributed by atoms with Crippen LogP contribution in [0.4, 0.5) is 0 Å². The van der Waals surface area contributed by atoms with Crippen molar-refractivity contribution in [2.75, 3.05) is 33.4 Å². The zero-order chi connectivity index (χ0) is 17.4. The SMILES string of the molecule is COC[C@]12CCCO[C@H]1CCN(C(=O)c1nn(C)c3ccccc13)C2. The summed E-state index contributed by atoms with van der Waals surface area (Å²) in [5.41, 5.74) is 1.43. The summed E-state index contributed by atoms with van der Waals surface area (Å²) in [5.74, 6) is 0.0105. The van der Waals surface area contributed by atoms with Crippen molar-refractivity contribution < 1.29 is 14.3 Å². The molecule has 1 amide bonds. The molecule has 0 radical (unpaired) electrons. The summed E-state index contributed by atoms with van der Waals surface area (Å²) in [7, 11) is 3.61. The number of carbonyl (C=O) groups is 1. The summed E-state index contributed by atoms with van der Waals surface area (Å²) in [6.45, 7) is 2.83. The van der Waals surface area contributed by atoms with Gasteiger partial charge < -0.3 is 14.4 Å². The molecule has 6 heteroatoms. The molecule has 6 nitrogen and oxygen atoms in total. The third-order valence-corrected chi connectivity index (χ3v) is 5.67. The molecule has 2 fully saturated rings. The van der Waals surface area contributed by atoms with Gasteiger partial charge in [0.15, 0.2) is 5.69 Å². The number of hydrogen-bond donors (Lipinski definition) is 0. The van der Waals surface area contributed by atoms with Crippen LogP contribution in [0.3, 0.4) is 0 Å². The summed E-state index contributed by atoms with van der Waals surface area (Å²) in [4.78, 5) is 15.2. The van der Waals surface area contributed by atoms with Gasteiger partial charge in [0.05, 0.1) is 18.2 Å². The minimum absolute atomic E-state index is 0.0105. The van der Waals surface area contributed by atoms with E-state index in [1.54, 1.807) is 11.8 Å². The molecule has 2 atom stereocenters. The third kappa shape index (κ3) is 2.73. The van der Waals surface area contributed by atoms with E-state index in [9.17, 15) is 4.79 Å². The van der Waals surface area contributed by atoms with Gasteiger partial charge in [-0.15, -0.1) is 0 Å². The number of benzene rings is 1. The Morgan fingerprint density at radius 2 is 2.28 bits per heavy atom. The molecule has 0 aliphatic carbocycles. The van der Waals surface area contributed by atoms with E-state index in [1.165, 1.54) is 0 Å². The Balaban J connectivity index is 1.64. The van der Waals surface area contributed by atoms with Crippen LogP contribution < -0.4 is 0 Å². The molecular formula is C19H25N3O3. The smallest absolute Gasteiger partial charge is 0.275 e. The first-order valence-electron chi connectivity index (χ1n) is 8.96. The van der Waals surface area contributed by atoms with Crippen LogP contribution in [0.5, 0.6) is 0 Å². The molecule has 0 saturated carbocycles. The predicted octanol–water partition coefficient (Wildman–Crippen LogP) is 2.23. The molecule has 2 saturated heterocycles. The number of para-hydroxylation sites is 1. The van der Waals surface area contributed by atoms with Gasteiger partial charge in [-0.1, -0.05) is 18.2 Å². The molecule has 2 aliphatic rings. The summed E-state index contributed by atoms with van der Waals surface area (Å²) in [5, 5.41) is 5.42. The van der Waals surface area contributed by atoms with Gasteiger partial charge in [-0.3, -0.25) is 9.48 Å². The number of aromatic nitrogens is 2. The fraction of sp³-hybridized carbons (Fsp3) is 0.579. The Morgan fingerprint density at radius 3 is 3.12 bits per heavy atom. The van der Waals surface area contributed by atoms with Crippen molar-refractivity contribution in [2.24, 2.45) is 12.5 Å². The Kier molecular flexibility index (Phi) is 4.25. The number of methoxy groups -OCH3 is 1. The number of nitrogens with zero attached hydrogens (tertiary/aromatic N) is 3. The number of fused-ring (bicyclic) bond motifs is 2. The lowest BCUT2D eigenvalue weighted by molar-refractivity contribution is -0.142. The van der Waals surface area contributed by atoms with Crippen molar-refractivity contribution in [3.63, 3.8) is 0 Å². The second kappa shape index (κ2) is 6.42. The average molecular weight is 343 g/mol. The number of hydrogen-bond acceptors (Lipinski definition) is 4. The lowest BCUT2D eigenvalue weighted by atomic mass is 9.73. The van der Waals surface area contributed by atoms with E-state index >= 15 is 0 Å². The fourth-order valence-electron chi connectivity index (χ4n) is 4.48. The Bertz CT molecular complexity index is 783. The number of rotatable bonds is 3. The standard InChI is InChI=1S/C19H25N3O3/c1-21-15-7-4-3-6-14(15)17(20-21)18(23)22-10-8-16-19(12-22,13-24-2)9-5-11-25-16/h3-4,6-7,16H,5,8-13H2,1-2H3/t16-,19+/m0/s1. The van der Waals surface area contributed by atoms with Gasteiger partial charge >= 0.3 is 0 Å². The van der Waals surface area contributed by atoms with E-state index < -0.39 is 0 Å².